The molecule has 0 aliphatic carbocycles. The number of aliphatic carboxylic acids is 1. The molecular weight excluding hydrogens is 438 g/mol. The van der Waals surface area contributed by atoms with Crippen molar-refractivity contribution < 1.29 is 29.7 Å². The zero-order chi connectivity index (χ0) is 26.0. The number of aromatic carboxylic acids is 2. The minimum absolute atomic E-state index is 0.0833. The molecule has 34 heavy (non-hydrogen) atoms. The fourth-order valence-electron chi connectivity index (χ4n) is 2.88. The summed E-state index contributed by atoms with van der Waals surface area (Å²) in [6.45, 7) is 2.45. The summed E-state index contributed by atoms with van der Waals surface area (Å²) in [5.41, 5.74) is 16.1. The highest BCUT2D eigenvalue weighted by Crippen LogP contribution is 2.09. The van der Waals surface area contributed by atoms with Gasteiger partial charge in [-0.25, -0.2) is 9.59 Å². The van der Waals surface area contributed by atoms with Gasteiger partial charge in [-0.2, -0.15) is 0 Å². The van der Waals surface area contributed by atoms with Crippen molar-refractivity contribution in [3.8, 4) is 0 Å². The van der Waals surface area contributed by atoms with Gasteiger partial charge < -0.3 is 32.5 Å². The largest absolute Gasteiger partial charge is 0.481 e. The molecule has 1 aromatic carbocycles. The maximum atomic E-state index is 10.3. The molecule has 0 heterocycles. The molecule has 9 nitrogen and oxygen atoms in total. The summed E-state index contributed by atoms with van der Waals surface area (Å²) in [4.78, 5) is 30.9. The molecule has 0 spiro atoms. The van der Waals surface area contributed by atoms with Crippen molar-refractivity contribution in [2.45, 2.75) is 83.5 Å². The quantitative estimate of drug-likeness (QED) is 0.177. The van der Waals surface area contributed by atoms with E-state index in [-0.39, 0.29) is 11.1 Å². The standard InChI is InChI=1S/C11H23NO2.C8H6O4.C6H16N2/c12-10-8-6-4-2-1-3-5-7-9-11(13)14;9-7(10)5-1-2-6(4-3-5)8(11)12;7-5-3-1-2-4-6-8/h1-10,12H2,(H,13,14);1-4H,(H,9,10)(H,11,12);1-8H2. The van der Waals surface area contributed by atoms with E-state index in [1.54, 1.807) is 0 Å². The number of hydrogen-bond donors (Lipinski definition) is 6. The molecule has 9 N–H and O–H groups in total. The zero-order valence-corrected chi connectivity index (χ0v) is 20.4. The van der Waals surface area contributed by atoms with Gasteiger partial charge in [0.05, 0.1) is 11.1 Å². The van der Waals surface area contributed by atoms with Gasteiger partial charge in [-0.3, -0.25) is 4.79 Å². The number of hydrogen-bond acceptors (Lipinski definition) is 6. The summed E-state index contributed by atoms with van der Waals surface area (Å²) in [6, 6.07) is 5.02. The molecule has 9 heteroatoms. The van der Waals surface area contributed by atoms with E-state index in [9.17, 15) is 14.4 Å². The highest BCUT2D eigenvalue weighted by Gasteiger charge is 2.04. The lowest BCUT2D eigenvalue weighted by Crippen LogP contribution is -2.00. The SMILES string of the molecule is NCCCCCCCCCCC(=O)O.NCCCCCCN.O=C(O)c1ccc(C(=O)O)cc1. The van der Waals surface area contributed by atoms with Crippen LogP contribution in [0.25, 0.3) is 0 Å². The summed E-state index contributed by atoms with van der Waals surface area (Å²) in [6.07, 6.45) is 14.4. The molecule has 0 bridgehead atoms. The molecule has 196 valence electrons. The second-order valence-corrected chi connectivity index (χ2v) is 7.94. The lowest BCUT2D eigenvalue weighted by Gasteiger charge is -2.00. The lowest BCUT2D eigenvalue weighted by molar-refractivity contribution is -0.137. The average molecular weight is 484 g/mol. The Hall–Kier alpha value is -2.49. The third kappa shape index (κ3) is 24.2. The van der Waals surface area contributed by atoms with Gasteiger partial charge in [-0.1, -0.05) is 51.4 Å². The van der Waals surface area contributed by atoms with E-state index in [2.05, 4.69) is 0 Å². The Kier molecular flexibility index (Phi) is 24.9. The number of carboxylic acids is 3. The van der Waals surface area contributed by atoms with E-state index in [4.69, 9.17) is 32.5 Å². The molecule has 0 amide bonds. The van der Waals surface area contributed by atoms with E-state index in [1.807, 2.05) is 0 Å². The Balaban J connectivity index is 0. The van der Waals surface area contributed by atoms with Crippen LogP contribution in [0.1, 0.15) is 104 Å². The van der Waals surface area contributed by atoms with Gasteiger partial charge in [0.25, 0.3) is 0 Å². The Bertz CT molecular complexity index is 599. The first kappa shape index (κ1) is 33.7. The van der Waals surface area contributed by atoms with Crippen molar-refractivity contribution in [3.63, 3.8) is 0 Å². The lowest BCUT2D eigenvalue weighted by atomic mass is 10.1. The third-order valence-electron chi connectivity index (χ3n) is 4.88. The van der Waals surface area contributed by atoms with Crippen LogP contribution in [-0.2, 0) is 4.79 Å². The number of unbranched alkanes of at least 4 members (excludes halogenated alkanes) is 10. The van der Waals surface area contributed by atoms with Crippen molar-refractivity contribution in [2.24, 2.45) is 17.2 Å². The van der Waals surface area contributed by atoms with Crippen LogP contribution in [0, 0.1) is 0 Å². The predicted octanol–water partition coefficient (Wildman–Crippen LogP) is 4.09. The average Bonchev–Trinajstić information content (AvgIpc) is 2.81. The number of carboxylic acid groups (broad SMARTS) is 3. The van der Waals surface area contributed by atoms with Gasteiger partial charge in [0.15, 0.2) is 0 Å². The number of rotatable bonds is 17. The molecule has 0 aliphatic heterocycles. The van der Waals surface area contributed by atoms with Gasteiger partial charge >= 0.3 is 17.9 Å². The molecule has 0 saturated heterocycles. The Morgan fingerprint density at radius 2 is 0.765 bits per heavy atom. The summed E-state index contributed by atoms with van der Waals surface area (Å²) in [5.74, 6) is -2.80. The second-order valence-electron chi connectivity index (χ2n) is 7.94. The van der Waals surface area contributed by atoms with Gasteiger partial charge in [-0.15, -0.1) is 0 Å². The van der Waals surface area contributed by atoms with Crippen LogP contribution in [0.2, 0.25) is 0 Å². The maximum absolute atomic E-state index is 10.3. The summed E-state index contributed by atoms with van der Waals surface area (Å²) >= 11 is 0. The Labute approximate surface area is 203 Å². The summed E-state index contributed by atoms with van der Waals surface area (Å²) in [7, 11) is 0. The second kappa shape index (κ2) is 25.1. The first-order chi connectivity index (χ1) is 16.3. The topological polar surface area (TPSA) is 190 Å². The van der Waals surface area contributed by atoms with Crippen molar-refractivity contribution in [3.05, 3.63) is 35.4 Å². The Morgan fingerprint density at radius 1 is 0.500 bits per heavy atom. The maximum Gasteiger partial charge on any atom is 0.335 e. The Morgan fingerprint density at radius 3 is 1.00 bits per heavy atom. The molecular formula is C25H45N3O6. The van der Waals surface area contributed by atoms with E-state index in [0.29, 0.717) is 6.42 Å². The van der Waals surface area contributed by atoms with Crippen LogP contribution in [0.3, 0.4) is 0 Å². The van der Waals surface area contributed by atoms with Gasteiger partial charge in [-0.05, 0) is 69.6 Å². The molecule has 0 radical (unpaired) electrons. The molecule has 0 aromatic heterocycles. The first-order valence-corrected chi connectivity index (χ1v) is 12.2. The number of carbonyl (C=O) groups is 3. The fourth-order valence-corrected chi connectivity index (χ4v) is 2.88. The van der Waals surface area contributed by atoms with Crippen molar-refractivity contribution in [1.82, 2.24) is 0 Å². The smallest absolute Gasteiger partial charge is 0.335 e. The molecule has 0 aliphatic rings. The number of benzene rings is 1. The van der Waals surface area contributed by atoms with E-state index >= 15 is 0 Å². The predicted molar refractivity (Wildman–Crippen MR) is 135 cm³/mol. The van der Waals surface area contributed by atoms with Gasteiger partial charge in [0.1, 0.15) is 0 Å². The van der Waals surface area contributed by atoms with Crippen LogP contribution in [-0.4, -0.2) is 52.9 Å². The third-order valence-corrected chi connectivity index (χ3v) is 4.88. The minimum atomic E-state index is -1.06. The highest BCUT2D eigenvalue weighted by atomic mass is 16.4. The van der Waals surface area contributed by atoms with Crippen LogP contribution in [0.15, 0.2) is 24.3 Å². The summed E-state index contributed by atoms with van der Waals surface area (Å²) in [5, 5.41) is 25.3. The van der Waals surface area contributed by atoms with E-state index in [1.165, 1.54) is 69.2 Å². The molecule has 1 rings (SSSR count). The van der Waals surface area contributed by atoms with Crippen LogP contribution >= 0.6 is 0 Å². The molecule has 0 saturated carbocycles. The van der Waals surface area contributed by atoms with Crippen LogP contribution < -0.4 is 17.2 Å². The fraction of sp³-hybridized carbons (Fsp3) is 0.640. The zero-order valence-electron chi connectivity index (χ0n) is 20.4. The number of nitrogens with two attached hydrogens (primary N) is 3. The van der Waals surface area contributed by atoms with Crippen molar-refractivity contribution >= 4 is 17.9 Å². The highest BCUT2D eigenvalue weighted by molar-refractivity contribution is 5.91. The molecule has 0 atom stereocenters. The van der Waals surface area contributed by atoms with Crippen molar-refractivity contribution in [2.75, 3.05) is 19.6 Å². The first-order valence-electron chi connectivity index (χ1n) is 12.2. The molecule has 1 aromatic rings. The minimum Gasteiger partial charge on any atom is -0.481 e. The normalized spacial score (nSPS) is 9.85. The van der Waals surface area contributed by atoms with E-state index in [0.717, 1.165) is 51.7 Å². The van der Waals surface area contributed by atoms with Gasteiger partial charge in [0, 0.05) is 6.42 Å². The monoisotopic (exact) mass is 483 g/mol. The molecule has 0 unspecified atom stereocenters. The van der Waals surface area contributed by atoms with Crippen molar-refractivity contribution in [1.29, 1.82) is 0 Å². The molecule has 0 fully saturated rings. The van der Waals surface area contributed by atoms with Crippen LogP contribution in [0.4, 0.5) is 0 Å². The summed E-state index contributed by atoms with van der Waals surface area (Å²) < 4.78 is 0. The van der Waals surface area contributed by atoms with Crippen LogP contribution in [0.5, 0.6) is 0 Å². The van der Waals surface area contributed by atoms with Gasteiger partial charge in [0.2, 0.25) is 0 Å². The van der Waals surface area contributed by atoms with E-state index < -0.39 is 17.9 Å².